The van der Waals surface area contributed by atoms with E-state index >= 15 is 0 Å². The third kappa shape index (κ3) is 3.48. The molecule has 33 heavy (non-hydrogen) atoms. The first-order chi connectivity index (χ1) is 16.3. The summed E-state index contributed by atoms with van der Waals surface area (Å²) < 4.78 is 3.66. The molecule has 5 aromatic rings. The minimum Gasteiger partial charge on any atom is -0.323 e. The first-order valence-corrected chi connectivity index (χ1v) is 10.9. The van der Waals surface area contributed by atoms with Crippen LogP contribution in [0.3, 0.4) is 0 Å². The van der Waals surface area contributed by atoms with Crippen LogP contribution in [0.4, 0.5) is 5.95 Å². The van der Waals surface area contributed by atoms with Gasteiger partial charge in [-0.1, -0.05) is 83.4 Å². The van der Waals surface area contributed by atoms with Crippen molar-refractivity contribution in [1.82, 2.24) is 30.0 Å². The van der Waals surface area contributed by atoms with Gasteiger partial charge in [-0.05, 0) is 34.7 Å². The minimum absolute atomic E-state index is 0.282. The standard InChI is InChI=1S/C25H18ClN7/c26-21-14-8-7-13-19(21)22-15-23(33-25(27-22)28-30-31-33)20-16-32(18-11-5-2-6-12-18)29-24(20)17-9-3-1-4-10-17/h1-16,23H,(H,27,28,31)/t23-/m1/s1. The summed E-state index contributed by atoms with van der Waals surface area (Å²) in [5.74, 6) is 0.545. The van der Waals surface area contributed by atoms with E-state index in [1.807, 2.05) is 83.7 Å². The molecule has 2 aromatic heterocycles. The van der Waals surface area contributed by atoms with Crippen LogP contribution in [-0.2, 0) is 0 Å². The second-order valence-corrected chi connectivity index (χ2v) is 8.06. The fourth-order valence-corrected chi connectivity index (χ4v) is 4.29. The fourth-order valence-electron chi connectivity index (χ4n) is 4.05. The number of halogens is 1. The number of fused-ring (bicyclic) bond motifs is 1. The van der Waals surface area contributed by atoms with Gasteiger partial charge < -0.3 is 5.32 Å². The van der Waals surface area contributed by atoms with Gasteiger partial charge in [0, 0.05) is 33.6 Å². The lowest BCUT2D eigenvalue weighted by molar-refractivity contribution is 0.586. The molecule has 1 aliphatic rings. The van der Waals surface area contributed by atoms with E-state index in [1.165, 1.54) is 0 Å². The summed E-state index contributed by atoms with van der Waals surface area (Å²) in [5.41, 5.74) is 5.56. The molecule has 1 aliphatic heterocycles. The molecular weight excluding hydrogens is 434 g/mol. The van der Waals surface area contributed by atoms with Crippen LogP contribution >= 0.6 is 11.6 Å². The van der Waals surface area contributed by atoms with Crippen LogP contribution in [0.2, 0.25) is 5.02 Å². The summed E-state index contributed by atoms with van der Waals surface area (Å²) in [6.45, 7) is 0. The van der Waals surface area contributed by atoms with Gasteiger partial charge >= 0.3 is 0 Å². The van der Waals surface area contributed by atoms with Gasteiger partial charge in [0.25, 0.3) is 0 Å². The van der Waals surface area contributed by atoms with Gasteiger partial charge in [0.15, 0.2) is 0 Å². The topological polar surface area (TPSA) is 73.5 Å². The second-order valence-electron chi connectivity index (χ2n) is 7.66. The van der Waals surface area contributed by atoms with Crippen molar-refractivity contribution in [2.45, 2.75) is 6.04 Å². The van der Waals surface area contributed by atoms with Gasteiger partial charge in [-0.15, -0.1) is 0 Å². The highest BCUT2D eigenvalue weighted by Gasteiger charge is 2.29. The summed E-state index contributed by atoms with van der Waals surface area (Å²) in [7, 11) is 0. The van der Waals surface area contributed by atoms with Crippen LogP contribution in [0.1, 0.15) is 17.2 Å². The van der Waals surface area contributed by atoms with Crippen molar-refractivity contribution in [2.24, 2.45) is 0 Å². The Morgan fingerprint density at radius 1 is 0.848 bits per heavy atom. The van der Waals surface area contributed by atoms with Crippen molar-refractivity contribution < 1.29 is 0 Å². The van der Waals surface area contributed by atoms with Crippen molar-refractivity contribution in [3.63, 3.8) is 0 Å². The highest BCUT2D eigenvalue weighted by atomic mass is 35.5. The van der Waals surface area contributed by atoms with Crippen LogP contribution in [0.15, 0.2) is 97.2 Å². The summed E-state index contributed by atoms with van der Waals surface area (Å²) in [6.07, 6.45) is 4.13. The Hall–Kier alpha value is -4.23. The Balaban J connectivity index is 1.56. The molecule has 0 fully saturated rings. The summed E-state index contributed by atoms with van der Waals surface area (Å²) >= 11 is 6.51. The highest BCUT2D eigenvalue weighted by Crippen LogP contribution is 2.37. The molecule has 0 radical (unpaired) electrons. The van der Waals surface area contributed by atoms with E-state index in [0.717, 1.165) is 33.8 Å². The lowest BCUT2D eigenvalue weighted by atomic mass is 9.99. The summed E-state index contributed by atoms with van der Waals surface area (Å²) in [5, 5.41) is 21.3. The van der Waals surface area contributed by atoms with Gasteiger partial charge in [0.1, 0.15) is 6.04 Å². The fraction of sp³-hybridized carbons (Fsp3) is 0.0400. The maximum atomic E-state index is 6.51. The van der Waals surface area contributed by atoms with Crippen molar-refractivity contribution in [1.29, 1.82) is 0 Å². The number of allylic oxidation sites excluding steroid dienone is 1. The number of hydrogen-bond acceptors (Lipinski definition) is 5. The zero-order chi connectivity index (χ0) is 22.2. The third-order valence-corrected chi connectivity index (χ3v) is 5.95. The van der Waals surface area contributed by atoms with Gasteiger partial charge in [-0.25, -0.2) is 4.68 Å². The van der Waals surface area contributed by atoms with E-state index in [4.69, 9.17) is 16.7 Å². The monoisotopic (exact) mass is 451 g/mol. The Morgan fingerprint density at radius 2 is 1.58 bits per heavy atom. The van der Waals surface area contributed by atoms with Crippen LogP contribution in [-0.4, -0.2) is 30.0 Å². The number of benzene rings is 3. The molecule has 0 spiro atoms. The molecule has 0 bridgehead atoms. The number of hydrogen-bond donors (Lipinski definition) is 1. The summed E-state index contributed by atoms with van der Waals surface area (Å²) in [6, 6.07) is 27.6. The molecule has 6 rings (SSSR count). The predicted molar refractivity (Wildman–Crippen MR) is 128 cm³/mol. The van der Waals surface area contributed by atoms with Gasteiger partial charge in [0.05, 0.1) is 11.4 Å². The molecule has 0 amide bonds. The largest absolute Gasteiger partial charge is 0.323 e. The Labute approximate surface area is 195 Å². The maximum absolute atomic E-state index is 6.51. The molecule has 8 heteroatoms. The van der Waals surface area contributed by atoms with E-state index in [9.17, 15) is 0 Å². The molecule has 1 N–H and O–H groups in total. The molecule has 0 saturated heterocycles. The van der Waals surface area contributed by atoms with Crippen molar-refractivity contribution in [2.75, 3.05) is 5.32 Å². The Kier molecular flexibility index (Phi) is 4.74. The number of aromatic nitrogens is 6. The van der Waals surface area contributed by atoms with E-state index in [2.05, 4.69) is 39.1 Å². The van der Waals surface area contributed by atoms with E-state index in [0.29, 0.717) is 11.0 Å². The molecule has 0 unspecified atom stereocenters. The number of nitrogens with one attached hydrogen (secondary N) is 1. The van der Waals surface area contributed by atoms with E-state index in [-0.39, 0.29) is 6.04 Å². The highest BCUT2D eigenvalue weighted by molar-refractivity contribution is 6.32. The van der Waals surface area contributed by atoms with Crippen molar-refractivity contribution in [3.05, 3.63) is 113 Å². The van der Waals surface area contributed by atoms with E-state index < -0.39 is 0 Å². The number of tetrazole rings is 1. The molecule has 1 atom stereocenters. The van der Waals surface area contributed by atoms with Crippen molar-refractivity contribution >= 4 is 23.2 Å². The molecule has 7 nitrogen and oxygen atoms in total. The van der Waals surface area contributed by atoms with Crippen LogP contribution in [0.25, 0.3) is 22.6 Å². The first kappa shape index (κ1) is 19.5. The number of rotatable bonds is 4. The Bertz CT molecular complexity index is 1450. The van der Waals surface area contributed by atoms with Gasteiger partial charge in [-0.3, -0.25) is 0 Å². The van der Waals surface area contributed by atoms with Crippen molar-refractivity contribution in [3.8, 4) is 16.9 Å². The third-order valence-electron chi connectivity index (χ3n) is 5.62. The van der Waals surface area contributed by atoms with Crippen LogP contribution < -0.4 is 5.32 Å². The molecule has 0 saturated carbocycles. The quantitative estimate of drug-likeness (QED) is 0.404. The minimum atomic E-state index is -0.282. The predicted octanol–water partition coefficient (Wildman–Crippen LogP) is 5.24. The molecule has 0 aliphatic carbocycles. The number of para-hydroxylation sites is 1. The number of anilines is 1. The average molecular weight is 452 g/mol. The Morgan fingerprint density at radius 3 is 2.36 bits per heavy atom. The lowest BCUT2D eigenvalue weighted by Crippen LogP contribution is -2.20. The second kappa shape index (κ2) is 8.03. The summed E-state index contributed by atoms with van der Waals surface area (Å²) in [4.78, 5) is 0. The number of nitrogens with zero attached hydrogens (tertiary/aromatic N) is 6. The average Bonchev–Trinajstić information content (AvgIpc) is 3.52. The molecule has 160 valence electrons. The normalized spacial score (nSPS) is 14.9. The zero-order valence-corrected chi connectivity index (χ0v) is 18.1. The molecule has 3 aromatic carbocycles. The maximum Gasteiger partial charge on any atom is 0.248 e. The smallest absolute Gasteiger partial charge is 0.248 e. The van der Waals surface area contributed by atoms with Gasteiger partial charge in [-0.2, -0.15) is 9.78 Å². The van der Waals surface area contributed by atoms with Gasteiger partial charge in [0.2, 0.25) is 5.95 Å². The van der Waals surface area contributed by atoms with Crippen LogP contribution in [0.5, 0.6) is 0 Å². The molecule has 3 heterocycles. The SMILES string of the molecule is Clc1ccccc1C1=C[C@H](c2cn(-c3ccccc3)nc2-c2ccccc2)n2nnnc2N1. The van der Waals surface area contributed by atoms with E-state index in [1.54, 1.807) is 4.68 Å². The first-order valence-electron chi connectivity index (χ1n) is 10.5. The molecular formula is C25H18ClN7. The van der Waals surface area contributed by atoms with Crippen LogP contribution in [0, 0.1) is 0 Å². The lowest BCUT2D eigenvalue weighted by Gasteiger charge is -2.23. The zero-order valence-electron chi connectivity index (χ0n) is 17.4.